The molecule has 6 nitrogen and oxygen atoms in total. The molecule has 1 amide bonds. The summed E-state index contributed by atoms with van der Waals surface area (Å²) in [4.78, 5) is 23.2. The lowest BCUT2D eigenvalue weighted by Gasteiger charge is -2.38. The number of rotatable bonds is 8. The van der Waals surface area contributed by atoms with Crippen LogP contribution in [0.25, 0.3) is 0 Å². The third-order valence-corrected chi connectivity index (χ3v) is 3.95. The normalized spacial score (nSPS) is 19.7. The molecule has 1 fully saturated rings. The molecular weight excluding hydrogens is 296 g/mol. The fourth-order valence-corrected chi connectivity index (χ4v) is 2.56. The average molecular weight is 320 g/mol. The van der Waals surface area contributed by atoms with E-state index in [1.165, 1.54) is 5.56 Å². The van der Waals surface area contributed by atoms with Gasteiger partial charge in [0.2, 0.25) is 0 Å². The molecule has 0 unspecified atom stereocenters. The standard InChI is InChI=1S/C17H24N2O4/c1-2-14-15(16(20)23-14)19(18)17(21)22-12-8-4-7-11-13-9-5-3-6-10-13/h3,5-6,9-10,14-15H,2,4,7-8,11-12,18H2,1H3/t14-,15+/m0/s1. The van der Waals surface area contributed by atoms with Crippen LogP contribution in [-0.2, 0) is 20.7 Å². The van der Waals surface area contributed by atoms with Crippen molar-refractivity contribution in [2.45, 2.75) is 51.2 Å². The zero-order valence-electron chi connectivity index (χ0n) is 13.4. The van der Waals surface area contributed by atoms with E-state index in [9.17, 15) is 9.59 Å². The zero-order valence-corrected chi connectivity index (χ0v) is 13.4. The van der Waals surface area contributed by atoms with Crippen LogP contribution in [0.3, 0.4) is 0 Å². The smallest absolute Gasteiger partial charge is 0.425 e. The highest BCUT2D eigenvalue weighted by atomic mass is 16.6. The summed E-state index contributed by atoms with van der Waals surface area (Å²) in [6.07, 6.45) is 3.43. The van der Waals surface area contributed by atoms with E-state index < -0.39 is 18.1 Å². The number of ether oxygens (including phenoxy) is 2. The maximum absolute atomic E-state index is 11.8. The number of amides is 1. The number of esters is 1. The molecule has 1 saturated heterocycles. The van der Waals surface area contributed by atoms with Gasteiger partial charge in [-0.2, -0.15) is 0 Å². The Labute approximate surface area is 136 Å². The number of carbonyl (C=O) groups is 2. The first-order valence-electron chi connectivity index (χ1n) is 8.08. The number of cyclic esters (lactones) is 1. The molecule has 0 radical (unpaired) electrons. The first kappa shape index (κ1) is 17.3. The van der Waals surface area contributed by atoms with Crippen molar-refractivity contribution in [2.75, 3.05) is 6.61 Å². The van der Waals surface area contributed by atoms with E-state index in [1.54, 1.807) is 0 Å². The predicted molar refractivity (Wildman–Crippen MR) is 85.3 cm³/mol. The van der Waals surface area contributed by atoms with Gasteiger partial charge in [0.1, 0.15) is 6.10 Å². The number of nitrogens with zero attached hydrogens (tertiary/aromatic N) is 1. The lowest BCUT2D eigenvalue weighted by atomic mass is 10.0. The minimum Gasteiger partial charge on any atom is -0.458 e. The van der Waals surface area contributed by atoms with Gasteiger partial charge in [0.15, 0.2) is 6.04 Å². The minimum atomic E-state index is -0.717. The molecule has 1 heterocycles. The molecular formula is C17H24N2O4. The van der Waals surface area contributed by atoms with Crippen molar-refractivity contribution in [3.63, 3.8) is 0 Å². The maximum atomic E-state index is 11.8. The van der Waals surface area contributed by atoms with Crippen LogP contribution >= 0.6 is 0 Å². The minimum absolute atomic E-state index is 0.305. The van der Waals surface area contributed by atoms with E-state index in [-0.39, 0.29) is 6.10 Å². The molecule has 1 aromatic rings. The molecule has 23 heavy (non-hydrogen) atoms. The second kappa shape index (κ2) is 8.53. The van der Waals surface area contributed by atoms with E-state index in [0.29, 0.717) is 13.0 Å². The fraction of sp³-hybridized carbons (Fsp3) is 0.529. The third-order valence-electron chi connectivity index (χ3n) is 3.95. The number of hydrogen-bond donors (Lipinski definition) is 1. The van der Waals surface area contributed by atoms with Crippen LogP contribution in [0.5, 0.6) is 0 Å². The fourth-order valence-electron chi connectivity index (χ4n) is 2.56. The highest BCUT2D eigenvalue weighted by molar-refractivity contribution is 5.86. The second-order valence-electron chi connectivity index (χ2n) is 5.65. The molecule has 6 heteroatoms. The van der Waals surface area contributed by atoms with Gasteiger partial charge < -0.3 is 9.47 Å². The summed E-state index contributed by atoms with van der Waals surface area (Å²) in [5, 5.41) is 0.851. The molecule has 1 aliphatic rings. The summed E-state index contributed by atoms with van der Waals surface area (Å²) < 4.78 is 10.0. The number of nitrogens with two attached hydrogens (primary N) is 1. The van der Waals surface area contributed by atoms with Gasteiger partial charge in [-0.3, -0.25) is 0 Å². The molecule has 1 aliphatic heterocycles. The third kappa shape index (κ3) is 4.69. The number of hydrogen-bond acceptors (Lipinski definition) is 5. The lowest BCUT2D eigenvalue weighted by molar-refractivity contribution is -0.186. The Morgan fingerprint density at radius 3 is 2.65 bits per heavy atom. The Bertz CT molecular complexity index is 521. The van der Waals surface area contributed by atoms with E-state index in [1.807, 2.05) is 25.1 Å². The lowest BCUT2D eigenvalue weighted by Crippen LogP contribution is -2.63. The first-order valence-corrected chi connectivity index (χ1v) is 8.08. The van der Waals surface area contributed by atoms with Crippen LogP contribution in [0, 0.1) is 0 Å². The number of carbonyl (C=O) groups excluding carboxylic acids is 2. The van der Waals surface area contributed by atoms with Crippen LogP contribution in [-0.4, -0.2) is 35.8 Å². The largest absolute Gasteiger partial charge is 0.458 e. The van der Waals surface area contributed by atoms with Crippen molar-refractivity contribution < 1.29 is 19.1 Å². The van der Waals surface area contributed by atoms with Crippen LogP contribution in [0.1, 0.15) is 38.2 Å². The molecule has 0 bridgehead atoms. The molecule has 2 N–H and O–H groups in total. The summed E-state index contributed by atoms with van der Waals surface area (Å²) in [6.45, 7) is 2.18. The van der Waals surface area contributed by atoms with Gasteiger partial charge in [0.05, 0.1) is 6.61 Å². The Balaban J connectivity index is 1.58. The van der Waals surface area contributed by atoms with E-state index in [4.69, 9.17) is 15.3 Å². The summed E-state index contributed by atoms with van der Waals surface area (Å²) in [5.41, 5.74) is 1.31. The average Bonchev–Trinajstić information content (AvgIpc) is 2.56. The molecule has 0 saturated carbocycles. The number of unbranched alkanes of at least 4 members (excludes halogenated alkanes) is 2. The van der Waals surface area contributed by atoms with Gasteiger partial charge in [-0.05, 0) is 37.7 Å². The molecule has 2 atom stereocenters. The van der Waals surface area contributed by atoms with Crippen molar-refractivity contribution in [1.29, 1.82) is 0 Å². The quantitative estimate of drug-likeness (QED) is 0.261. The Kier molecular flexibility index (Phi) is 6.40. The number of benzene rings is 1. The number of hydrazine groups is 1. The Morgan fingerprint density at radius 2 is 2.00 bits per heavy atom. The van der Waals surface area contributed by atoms with Crippen LogP contribution in [0.2, 0.25) is 0 Å². The molecule has 1 aromatic carbocycles. The van der Waals surface area contributed by atoms with Crippen LogP contribution < -0.4 is 5.84 Å². The van der Waals surface area contributed by atoms with Crippen LogP contribution in [0.4, 0.5) is 4.79 Å². The second-order valence-corrected chi connectivity index (χ2v) is 5.65. The molecule has 0 aromatic heterocycles. The Hall–Kier alpha value is -2.08. The van der Waals surface area contributed by atoms with Crippen molar-refractivity contribution in [1.82, 2.24) is 5.01 Å². The SMILES string of the molecule is CC[C@@H]1OC(=O)[C@@H]1N(N)C(=O)OCCCCCc1ccccc1. The van der Waals surface area contributed by atoms with E-state index in [2.05, 4.69) is 12.1 Å². The first-order chi connectivity index (χ1) is 11.1. The molecule has 0 aliphatic carbocycles. The van der Waals surface area contributed by atoms with Gasteiger partial charge in [-0.25, -0.2) is 20.4 Å². The highest BCUT2D eigenvalue weighted by Crippen LogP contribution is 2.22. The van der Waals surface area contributed by atoms with E-state index >= 15 is 0 Å². The van der Waals surface area contributed by atoms with Gasteiger partial charge in [0, 0.05) is 0 Å². The molecule has 0 spiro atoms. The highest BCUT2D eigenvalue weighted by Gasteiger charge is 2.47. The van der Waals surface area contributed by atoms with Gasteiger partial charge in [-0.1, -0.05) is 37.3 Å². The van der Waals surface area contributed by atoms with Gasteiger partial charge in [0.25, 0.3) is 0 Å². The van der Waals surface area contributed by atoms with Crippen LogP contribution in [0.15, 0.2) is 30.3 Å². The summed E-state index contributed by atoms with van der Waals surface area (Å²) in [6, 6.07) is 9.56. The van der Waals surface area contributed by atoms with Crippen molar-refractivity contribution in [3.8, 4) is 0 Å². The van der Waals surface area contributed by atoms with Crippen molar-refractivity contribution in [3.05, 3.63) is 35.9 Å². The Morgan fingerprint density at radius 1 is 1.26 bits per heavy atom. The topological polar surface area (TPSA) is 81.9 Å². The molecule has 126 valence electrons. The van der Waals surface area contributed by atoms with E-state index in [0.717, 1.165) is 30.7 Å². The van der Waals surface area contributed by atoms with Gasteiger partial charge >= 0.3 is 12.1 Å². The number of aryl methyl sites for hydroxylation is 1. The zero-order chi connectivity index (χ0) is 16.7. The maximum Gasteiger partial charge on any atom is 0.425 e. The predicted octanol–water partition coefficient (Wildman–Crippen LogP) is 2.42. The van der Waals surface area contributed by atoms with Crippen molar-refractivity contribution >= 4 is 12.1 Å². The van der Waals surface area contributed by atoms with Crippen molar-refractivity contribution in [2.24, 2.45) is 5.84 Å². The summed E-state index contributed by atoms with van der Waals surface area (Å²) >= 11 is 0. The monoisotopic (exact) mass is 320 g/mol. The van der Waals surface area contributed by atoms with Gasteiger partial charge in [-0.15, -0.1) is 0 Å². The molecule has 2 rings (SSSR count). The summed E-state index contributed by atoms with van der Waals surface area (Å²) in [7, 11) is 0. The summed E-state index contributed by atoms with van der Waals surface area (Å²) in [5.74, 6) is 5.18.